The molecular formula is C36H70N2O8. The van der Waals surface area contributed by atoms with E-state index in [-0.39, 0.29) is 106 Å². The van der Waals surface area contributed by atoms with Crippen LogP contribution in [0.15, 0.2) is 0 Å². The van der Waals surface area contributed by atoms with E-state index in [9.17, 15) is 19.2 Å². The third-order valence-electron chi connectivity index (χ3n) is 8.19. The van der Waals surface area contributed by atoms with Gasteiger partial charge in [-0.1, -0.05) is 41.5 Å². The standard InChI is InChI=1S/C34H64N2O8.C2H6/c1-25(2)29(38)15-18-42-23-34(22-41-17-14-28(7)37,24-43-19-16-30(39)26(3)4)36(13)31(40)20-33(10,11)44-21-32(8,9)35(12)27(5)6;1-2/h25-27H,14-24H2,1-13H3;1-2H3. The largest absolute Gasteiger partial charge is 0.378 e. The Morgan fingerprint density at radius 3 is 1.39 bits per heavy atom. The van der Waals surface area contributed by atoms with Gasteiger partial charge in [0.05, 0.1) is 58.3 Å². The minimum atomic E-state index is -1.07. The first kappa shape index (κ1) is 46.4. The van der Waals surface area contributed by atoms with Gasteiger partial charge in [-0.25, -0.2) is 0 Å². The number of carbonyl (C=O) groups is 4. The maximum Gasteiger partial charge on any atom is 0.225 e. The Balaban J connectivity index is 0. The van der Waals surface area contributed by atoms with Crippen molar-refractivity contribution in [2.45, 2.75) is 138 Å². The molecule has 0 N–H and O–H groups in total. The van der Waals surface area contributed by atoms with Crippen molar-refractivity contribution < 1.29 is 38.1 Å². The van der Waals surface area contributed by atoms with Crippen LogP contribution in [-0.4, -0.2) is 116 Å². The van der Waals surface area contributed by atoms with Gasteiger partial charge in [-0.15, -0.1) is 0 Å². The van der Waals surface area contributed by atoms with Gasteiger partial charge in [0.15, 0.2) is 0 Å². The summed E-state index contributed by atoms with van der Waals surface area (Å²) in [6.07, 6.45) is 0.838. The Bertz CT molecular complexity index is 870. The van der Waals surface area contributed by atoms with Gasteiger partial charge in [0.2, 0.25) is 5.91 Å². The molecule has 272 valence electrons. The Labute approximate surface area is 281 Å². The van der Waals surface area contributed by atoms with E-state index in [0.29, 0.717) is 12.6 Å². The molecule has 0 aliphatic rings. The highest BCUT2D eigenvalue weighted by molar-refractivity contribution is 5.80. The lowest BCUT2D eigenvalue weighted by Crippen LogP contribution is -2.60. The van der Waals surface area contributed by atoms with Crippen LogP contribution in [0.2, 0.25) is 0 Å². The van der Waals surface area contributed by atoms with E-state index in [2.05, 4.69) is 39.6 Å². The number of Topliss-reactive ketones (excluding diaryl/α,β-unsaturated/α-hetero) is 3. The lowest BCUT2D eigenvalue weighted by molar-refractivity contribution is -0.157. The molecule has 0 aromatic heterocycles. The summed E-state index contributed by atoms with van der Waals surface area (Å²) >= 11 is 0. The van der Waals surface area contributed by atoms with Gasteiger partial charge in [-0.3, -0.25) is 24.1 Å². The summed E-state index contributed by atoms with van der Waals surface area (Å²) in [4.78, 5) is 53.7. The van der Waals surface area contributed by atoms with Crippen LogP contribution in [0.4, 0.5) is 0 Å². The zero-order valence-corrected chi connectivity index (χ0v) is 32.2. The molecular weight excluding hydrogens is 588 g/mol. The Hall–Kier alpha value is -1.72. The number of hydrogen-bond acceptors (Lipinski definition) is 9. The highest BCUT2D eigenvalue weighted by Crippen LogP contribution is 2.25. The van der Waals surface area contributed by atoms with Crippen molar-refractivity contribution in [3.05, 3.63) is 0 Å². The molecule has 0 rings (SSSR count). The van der Waals surface area contributed by atoms with Gasteiger partial charge in [0.1, 0.15) is 22.9 Å². The van der Waals surface area contributed by atoms with Crippen molar-refractivity contribution >= 4 is 23.3 Å². The second-order valence-corrected chi connectivity index (χ2v) is 14.3. The first-order valence-electron chi connectivity index (χ1n) is 17.1. The molecule has 1 amide bonds. The van der Waals surface area contributed by atoms with Crippen LogP contribution in [0.1, 0.15) is 116 Å². The summed E-state index contributed by atoms with van der Waals surface area (Å²) in [7, 11) is 3.75. The third kappa shape index (κ3) is 18.6. The summed E-state index contributed by atoms with van der Waals surface area (Å²) < 4.78 is 24.3. The van der Waals surface area contributed by atoms with Crippen molar-refractivity contribution in [1.29, 1.82) is 0 Å². The second-order valence-electron chi connectivity index (χ2n) is 14.3. The first-order valence-corrected chi connectivity index (χ1v) is 17.1. The maximum atomic E-state index is 13.9. The van der Waals surface area contributed by atoms with E-state index >= 15 is 0 Å². The fourth-order valence-corrected chi connectivity index (χ4v) is 4.31. The minimum Gasteiger partial charge on any atom is -0.378 e. The SMILES string of the molecule is CC.CC(=O)CCOCC(COCCC(=O)C(C)C)(COCCC(=O)C(C)C)N(C)C(=O)CC(C)(C)OCC(C)(C)N(C)C(C)C. The minimum absolute atomic E-state index is 0.00291. The zero-order chi connectivity index (χ0) is 36.3. The molecule has 0 atom stereocenters. The number of hydrogen-bond donors (Lipinski definition) is 0. The zero-order valence-electron chi connectivity index (χ0n) is 32.2. The van der Waals surface area contributed by atoms with Crippen LogP contribution >= 0.6 is 0 Å². The summed E-state index contributed by atoms with van der Waals surface area (Å²) in [6.45, 7) is 26.3. The highest BCUT2D eigenvalue weighted by atomic mass is 16.5. The Kier molecular flexibility index (Phi) is 23.0. The van der Waals surface area contributed by atoms with Gasteiger partial charge in [-0.2, -0.15) is 0 Å². The summed E-state index contributed by atoms with van der Waals surface area (Å²) in [6, 6.07) is 0.333. The first-order chi connectivity index (χ1) is 21.2. The molecule has 0 aliphatic heterocycles. The predicted molar refractivity (Wildman–Crippen MR) is 185 cm³/mol. The molecule has 46 heavy (non-hydrogen) atoms. The molecule has 0 fully saturated rings. The normalized spacial score (nSPS) is 12.5. The molecule has 0 saturated heterocycles. The molecule has 0 aromatic carbocycles. The molecule has 0 aliphatic carbocycles. The van der Waals surface area contributed by atoms with Gasteiger partial charge >= 0.3 is 0 Å². The van der Waals surface area contributed by atoms with E-state index in [0.717, 1.165) is 0 Å². The van der Waals surface area contributed by atoms with E-state index in [1.165, 1.54) is 6.92 Å². The lowest BCUT2D eigenvalue weighted by atomic mass is 9.96. The van der Waals surface area contributed by atoms with Gasteiger partial charge < -0.3 is 23.8 Å². The Morgan fingerprint density at radius 1 is 0.652 bits per heavy atom. The summed E-state index contributed by atoms with van der Waals surface area (Å²) in [5.41, 5.74) is -2.07. The van der Waals surface area contributed by atoms with Gasteiger partial charge in [0.25, 0.3) is 0 Å². The second kappa shape index (κ2) is 22.8. The smallest absolute Gasteiger partial charge is 0.225 e. The number of nitrogens with zero attached hydrogens (tertiary/aromatic N) is 2. The van der Waals surface area contributed by atoms with Crippen molar-refractivity contribution in [2.24, 2.45) is 11.8 Å². The quantitative estimate of drug-likeness (QED) is 0.113. The topological polar surface area (TPSA) is 112 Å². The molecule has 0 unspecified atom stereocenters. The van der Waals surface area contributed by atoms with Crippen LogP contribution < -0.4 is 0 Å². The molecule has 0 bridgehead atoms. The highest BCUT2D eigenvalue weighted by Gasteiger charge is 2.41. The molecule has 0 heterocycles. The molecule has 0 aromatic rings. The van der Waals surface area contributed by atoms with Crippen LogP contribution in [0.3, 0.4) is 0 Å². The van der Waals surface area contributed by atoms with E-state index in [4.69, 9.17) is 18.9 Å². The van der Waals surface area contributed by atoms with Crippen molar-refractivity contribution in [3.63, 3.8) is 0 Å². The van der Waals surface area contributed by atoms with Crippen molar-refractivity contribution in [2.75, 3.05) is 60.3 Å². The van der Waals surface area contributed by atoms with E-state index in [1.807, 2.05) is 55.4 Å². The molecule has 0 radical (unpaired) electrons. The van der Waals surface area contributed by atoms with Gasteiger partial charge in [-0.05, 0) is 55.5 Å². The average Bonchev–Trinajstić information content (AvgIpc) is 2.97. The fourth-order valence-electron chi connectivity index (χ4n) is 4.31. The molecule has 10 heteroatoms. The van der Waals surface area contributed by atoms with Gasteiger partial charge in [0, 0.05) is 49.7 Å². The average molecular weight is 659 g/mol. The van der Waals surface area contributed by atoms with Crippen molar-refractivity contribution in [1.82, 2.24) is 9.80 Å². The number of ether oxygens (including phenoxy) is 4. The monoisotopic (exact) mass is 659 g/mol. The number of carbonyl (C=O) groups excluding carboxylic acids is 4. The number of likely N-dealkylation sites (N-methyl/N-ethyl adjacent to an activating group) is 2. The molecule has 10 nitrogen and oxygen atoms in total. The number of amides is 1. The number of ketones is 3. The van der Waals surface area contributed by atoms with Crippen LogP contribution in [0.25, 0.3) is 0 Å². The molecule has 0 saturated carbocycles. The van der Waals surface area contributed by atoms with E-state index in [1.54, 1.807) is 11.9 Å². The third-order valence-corrected chi connectivity index (χ3v) is 8.19. The van der Waals surface area contributed by atoms with Crippen LogP contribution in [0.5, 0.6) is 0 Å². The fraction of sp³-hybridized carbons (Fsp3) is 0.889. The van der Waals surface area contributed by atoms with E-state index < -0.39 is 11.1 Å². The lowest BCUT2D eigenvalue weighted by Gasteiger charge is -2.43. The maximum absolute atomic E-state index is 13.9. The predicted octanol–water partition coefficient (Wildman–Crippen LogP) is 5.77. The van der Waals surface area contributed by atoms with Crippen LogP contribution in [-0.2, 0) is 38.1 Å². The Morgan fingerprint density at radius 2 is 1.04 bits per heavy atom. The number of rotatable bonds is 25. The molecule has 0 spiro atoms. The van der Waals surface area contributed by atoms with Crippen LogP contribution in [0, 0.1) is 11.8 Å². The summed E-state index contributed by atoms with van der Waals surface area (Å²) in [5, 5.41) is 0. The summed E-state index contributed by atoms with van der Waals surface area (Å²) in [5.74, 6) is -0.216. The van der Waals surface area contributed by atoms with Crippen molar-refractivity contribution in [3.8, 4) is 0 Å².